The highest BCUT2D eigenvalue weighted by atomic mass is 32.2. The van der Waals surface area contributed by atoms with Crippen molar-refractivity contribution in [2.45, 2.75) is 23.8 Å². The molecule has 2 amide bonds. The van der Waals surface area contributed by atoms with Crippen LogP contribution in [0.1, 0.15) is 34.3 Å². The van der Waals surface area contributed by atoms with Crippen molar-refractivity contribution >= 4 is 40.6 Å². The van der Waals surface area contributed by atoms with E-state index in [-0.39, 0.29) is 23.5 Å². The first kappa shape index (κ1) is 25.9. The lowest BCUT2D eigenvalue weighted by Crippen LogP contribution is -2.38. The third kappa shape index (κ3) is 6.20. The molecule has 2 aromatic carbocycles. The zero-order chi connectivity index (χ0) is 26.5. The molecular formula is C28H25FN4O3S2. The fourth-order valence-electron chi connectivity index (χ4n) is 4.31. The van der Waals surface area contributed by atoms with E-state index < -0.39 is 5.82 Å². The number of phenols is 1. The SMILES string of the molecule is O=C(Nc1ccc(F)cc1-c1ccc(O)cc1)c1csc(C2CCN(C(=O)CSc3ccccn3)CC2)n1. The molecule has 3 heterocycles. The maximum atomic E-state index is 14.0. The van der Waals surface area contributed by atoms with Crippen molar-refractivity contribution in [3.63, 3.8) is 0 Å². The minimum absolute atomic E-state index is 0.0991. The number of nitrogens with one attached hydrogen (secondary N) is 1. The average Bonchev–Trinajstić information content (AvgIpc) is 3.44. The maximum absolute atomic E-state index is 14.0. The third-order valence-corrected chi connectivity index (χ3v) is 8.28. The first-order chi connectivity index (χ1) is 18.5. The summed E-state index contributed by atoms with van der Waals surface area (Å²) in [4.78, 5) is 36.3. The van der Waals surface area contributed by atoms with E-state index >= 15 is 0 Å². The number of halogens is 1. The second kappa shape index (κ2) is 11.7. The van der Waals surface area contributed by atoms with Gasteiger partial charge in [0.1, 0.15) is 17.3 Å². The molecule has 10 heteroatoms. The predicted molar refractivity (Wildman–Crippen MR) is 147 cm³/mol. The molecule has 5 rings (SSSR count). The van der Waals surface area contributed by atoms with Crippen LogP contribution in [0.4, 0.5) is 10.1 Å². The van der Waals surface area contributed by atoms with Crippen LogP contribution in [0.25, 0.3) is 11.1 Å². The number of aromatic nitrogens is 2. The molecule has 1 aliphatic rings. The van der Waals surface area contributed by atoms with Crippen LogP contribution in [-0.2, 0) is 4.79 Å². The van der Waals surface area contributed by atoms with Gasteiger partial charge in [0, 0.05) is 41.8 Å². The van der Waals surface area contributed by atoms with Gasteiger partial charge in [-0.15, -0.1) is 11.3 Å². The zero-order valence-corrected chi connectivity index (χ0v) is 22.0. The number of benzene rings is 2. The molecule has 0 radical (unpaired) electrons. The number of carbonyl (C=O) groups excluding carboxylic acids is 2. The lowest BCUT2D eigenvalue weighted by atomic mass is 9.97. The number of aromatic hydroxyl groups is 1. The van der Waals surface area contributed by atoms with Gasteiger partial charge in [0.25, 0.3) is 5.91 Å². The molecular weight excluding hydrogens is 523 g/mol. The first-order valence-electron chi connectivity index (χ1n) is 12.1. The van der Waals surface area contributed by atoms with Crippen LogP contribution >= 0.6 is 23.1 Å². The zero-order valence-electron chi connectivity index (χ0n) is 20.3. The molecule has 0 bridgehead atoms. The highest BCUT2D eigenvalue weighted by Gasteiger charge is 2.26. The van der Waals surface area contributed by atoms with Gasteiger partial charge in [0.2, 0.25) is 5.91 Å². The molecule has 4 aromatic rings. The fourth-order valence-corrected chi connectivity index (χ4v) is 6.04. The molecule has 7 nitrogen and oxygen atoms in total. The number of hydrogen-bond acceptors (Lipinski definition) is 7. The molecule has 0 saturated carbocycles. The van der Waals surface area contributed by atoms with Crippen molar-refractivity contribution in [2.75, 3.05) is 24.2 Å². The summed E-state index contributed by atoms with van der Waals surface area (Å²) in [6.45, 7) is 1.30. The molecule has 0 atom stereocenters. The van der Waals surface area contributed by atoms with Crippen molar-refractivity contribution in [3.8, 4) is 16.9 Å². The molecule has 194 valence electrons. The van der Waals surface area contributed by atoms with Crippen molar-refractivity contribution in [3.05, 3.63) is 88.8 Å². The lowest BCUT2D eigenvalue weighted by molar-refractivity contribution is -0.129. The monoisotopic (exact) mass is 548 g/mol. The Kier molecular flexibility index (Phi) is 8.00. The van der Waals surface area contributed by atoms with Gasteiger partial charge in [-0.05, 0) is 60.9 Å². The second-order valence-corrected chi connectivity index (χ2v) is 10.8. The standard InChI is InChI=1S/C28H25FN4O3S2/c29-20-6-9-23(22(15-20)18-4-7-21(34)8-5-18)31-27(36)24-16-38-28(32-24)19-10-13-33(14-11-19)26(35)17-37-25-3-1-2-12-30-25/h1-9,12,15-16,19,34H,10-11,13-14,17H2,(H,31,36). The number of thiazole rings is 1. The van der Waals surface area contributed by atoms with Gasteiger partial charge >= 0.3 is 0 Å². The summed E-state index contributed by atoms with van der Waals surface area (Å²) in [6.07, 6.45) is 3.30. The van der Waals surface area contributed by atoms with Crippen molar-refractivity contribution in [2.24, 2.45) is 0 Å². The van der Waals surface area contributed by atoms with Crippen LogP contribution in [0.3, 0.4) is 0 Å². The van der Waals surface area contributed by atoms with Crippen LogP contribution < -0.4 is 5.32 Å². The number of thioether (sulfide) groups is 1. The van der Waals surface area contributed by atoms with E-state index in [0.29, 0.717) is 41.4 Å². The van der Waals surface area contributed by atoms with Gasteiger partial charge in [-0.2, -0.15) is 0 Å². The summed E-state index contributed by atoms with van der Waals surface area (Å²) in [5, 5.41) is 15.9. The average molecular weight is 549 g/mol. The Labute approximate surface area is 227 Å². The van der Waals surface area contributed by atoms with E-state index in [1.54, 1.807) is 23.7 Å². The molecule has 1 saturated heterocycles. The summed E-state index contributed by atoms with van der Waals surface area (Å²) in [6, 6.07) is 16.1. The summed E-state index contributed by atoms with van der Waals surface area (Å²) < 4.78 is 14.0. The summed E-state index contributed by atoms with van der Waals surface area (Å²) in [7, 11) is 0. The Morgan fingerprint density at radius 1 is 1.11 bits per heavy atom. The van der Waals surface area contributed by atoms with Gasteiger partial charge < -0.3 is 15.3 Å². The molecule has 0 aliphatic carbocycles. The Hall–Kier alpha value is -3.76. The normalized spacial score (nSPS) is 13.9. The largest absolute Gasteiger partial charge is 0.508 e. The topological polar surface area (TPSA) is 95.4 Å². The Balaban J connectivity index is 1.19. The minimum atomic E-state index is -0.429. The highest BCUT2D eigenvalue weighted by Crippen LogP contribution is 2.33. The molecule has 38 heavy (non-hydrogen) atoms. The van der Waals surface area contributed by atoms with Crippen molar-refractivity contribution < 1.29 is 19.1 Å². The number of pyridine rings is 1. The quantitative estimate of drug-likeness (QED) is 0.284. The first-order valence-corrected chi connectivity index (χ1v) is 14.0. The molecule has 2 aromatic heterocycles. The predicted octanol–water partition coefficient (Wildman–Crippen LogP) is 5.80. The Morgan fingerprint density at radius 3 is 2.63 bits per heavy atom. The number of piperidine rings is 1. The van der Waals surface area contributed by atoms with E-state index in [2.05, 4.69) is 15.3 Å². The minimum Gasteiger partial charge on any atom is -0.508 e. The number of anilines is 1. The molecule has 1 aliphatic heterocycles. The van der Waals surface area contributed by atoms with Gasteiger partial charge in [0.05, 0.1) is 15.8 Å². The Bertz CT molecular complexity index is 1420. The highest BCUT2D eigenvalue weighted by molar-refractivity contribution is 7.99. The molecule has 2 N–H and O–H groups in total. The number of amides is 2. The van der Waals surface area contributed by atoms with Crippen molar-refractivity contribution in [1.29, 1.82) is 0 Å². The molecule has 0 unspecified atom stereocenters. The maximum Gasteiger partial charge on any atom is 0.275 e. The van der Waals surface area contributed by atoms with Crippen LogP contribution in [0.2, 0.25) is 0 Å². The number of likely N-dealkylation sites (tertiary alicyclic amines) is 1. The van der Waals surface area contributed by atoms with E-state index in [0.717, 1.165) is 22.9 Å². The van der Waals surface area contributed by atoms with E-state index in [1.807, 2.05) is 23.1 Å². The number of phenolic OH excluding ortho intramolecular Hbond substituents is 1. The van der Waals surface area contributed by atoms with Crippen LogP contribution in [-0.4, -0.2) is 50.6 Å². The Morgan fingerprint density at radius 2 is 1.89 bits per heavy atom. The van der Waals surface area contributed by atoms with Gasteiger partial charge in [-0.1, -0.05) is 30.0 Å². The van der Waals surface area contributed by atoms with Crippen LogP contribution in [0.15, 0.2) is 77.3 Å². The number of nitrogens with zero attached hydrogens (tertiary/aromatic N) is 3. The van der Waals surface area contributed by atoms with Crippen LogP contribution in [0.5, 0.6) is 5.75 Å². The number of carbonyl (C=O) groups is 2. The van der Waals surface area contributed by atoms with Crippen LogP contribution in [0, 0.1) is 5.82 Å². The summed E-state index contributed by atoms with van der Waals surface area (Å²) in [5.74, 6) is -0.0575. The molecule has 0 spiro atoms. The summed E-state index contributed by atoms with van der Waals surface area (Å²) >= 11 is 2.88. The van der Waals surface area contributed by atoms with E-state index in [1.165, 1.54) is 53.4 Å². The van der Waals surface area contributed by atoms with Crippen molar-refractivity contribution in [1.82, 2.24) is 14.9 Å². The number of hydrogen-bond donors (Lipinski definition) is 2. The summed E-state index contributed by atoms with van der Waals surface area (Å²) in [5.41, 5.74) is 1.92. The van der Waals surface area contributed by atoms with E-state index in [9.17, 15) is 19.1 Å². The smallest absolute Gasteiger partial charge is 0.275 e. The fraction of sp³-hybridized carbons (Fsp3) is 0.214. The second-order valence-electron chi connectivity index (χ2n) is 8.87. The van der Waals surface area contributed by atoms with Gasteiger partial charge in [0.15, 0.2) is 0 Å². The molecule has 1 fully saturated rings. The number of rotatable bonds is 7. The van der Waals surface area contributed by atoms with Gasteiger partial charge in [-0.25, -0.2) is 14.4 Å². The van der Waals surface area contributed by atoms with E-state index in [4.69, 9.17) is 0 Å². The third-order valence-electron chi connectivity index (χ3n) is 6.34. The van der Waals surface area contributed by atoms with Gasteiger partial charge in [-0.3, -0.25) is 9.59 Å². The lowest BCUT2D eigenvalue weighted by Gasteiger charge is -2.31.